The molecular formula is C15H16FN3O3S. The van der Waals surface area contributed by atoms with Crippen LogP contribution in [0.2, 0.25) is 0 Å². The highest BCUT2D eigenvalue weighted by Gasteiger charge is 2.10. The third-order valence-electron chi connectivity index (χ3n) is 2.92. The van der Waals surface area contributed by atoms with Crippen molar-refractivity contribution in [1.29, 1.82) is 0 Å². The zero-order valence-corrected chi connectivity index (χ0v) is 13.5. The van der Waals surface area contributed by atoms with Gasteiger partial charge in [0.1, 0.15) is 0 Å². The molecule has 0 spiro atoms. The first-order valence-corrected chi connectivity index (χ1v) is 7.71. The zero-order chi connectivity index (χ0) is 16.8. The Labute approximate surface area is 136 Å². The SMILES string of the molecule is COc1ccc(-c2csc(NC(=O)CCNC(C)=O)n2)cc1F. The van der Waals surface area contributed by atoms with Crippen molar-refractivity contribution in [3.63, 3.8) is 0 Å². The summed E-state index contributed by atoms with van der Waals surface area (Å²) in [7, 11) is 1.40. The van der Waals surface area contributed by atoms with E-state index in [1.165, 1.54) is 37.5 Å². The van der Waals surface area contributed by atoms with E-state index in [4.69, 9.17) is 4.74 Å². The molecule has 0 radical (unpaired) electrons. The molecule has 0 atom stereocenters. The van der Waals surface area contributed by atoms with Gasteiger partial charge < -0.3 is 15.4 Å². The van der Waals surface area contributed by atoms with Gasteiger partial charge in [0.25, 0.3) is 0 Å². The van der Waals surface area contributed by atoms with E-state index in [2.05, 4.69) is 15.6 Å². The van der Waals surface area contributed by atoms with E-state index < -0.39 is 5.82 Å². The van der Waals surface area contributed by atoms with Gasteiger partial charge in [0.05, 0.1) is 12.8 Å². The largest absolute Gasteiger partial charge is 0.494 e. The molecule has 122 valence electrons. The fourth-order valence-electron chi connectivity index (χ4n) is 1.82. The first-order chi connectivity index (χ1) is 11.0. The number of amides is 2. The number of nitrogens with one attached hydrogen (secondary N) is 2. The van der Waals surface area contributed by atoms with Crippen LogP contribution in [0.3, 0.4) is 0 Å². The molecule has 6 nitrogen and oxygen atoms in total. The van der Waals surface area contributed by atoms with Crippen LogP contribution in [-0.2, 0) is 9.59 Å². The van der Waals surface area contributed by atoms with Crippen LogP contribution < -0.4 is 15.4 Å². The lowest BCUT2D eigenvalue weighted by Gasteiger charge is -2.03. The number of ether oxygens (including phenoxy) is 1. The van der Waals surface area contributed by atoms with E-state index in [9.17, 15) is 14.0 Å². The second kappa shape index (κ2) is 7.68. The summed E-state index contributed by atoms with van der Waals surface area (Å²) in [5.74, 6) is -0.745. The Hall–Kier alpha value is -2.48. The molecule has 1 aromatic carbocycles. The molecule has 2 rings (SSSR count). The van der Waals surface area contributed by atoms with Crippen LogP contribution in [0.15, 0.2) is 23.6 Å². The standard InChI is InChI=1S/C15H16FN3O3S/c1-9(20)17-6-5-14(21)19-15-18-12(8-23-15)10-3-4-13(22-2)11(16)7-10/h3-4,7-8H,5-6H2,1-2H3,(H,17,20)(H,18,19,21). The quantitative estimate of drug-likeness (QED) is 0.848. The van der Waals surface area contributed by atoms with Gasteiger partial charge in [0.2, 0.25) is 11.8 Å². The summed E-state index contributed by atoms with van der Waals surface area (Å²) in [5, 5.41) is 7.33. The number of halogens is 1. The number of carbonyl (C=O) groups is 2. The number of rotatable bonds is 6. The number of carbonyl (C=O) groups excluding carboxylic acids is 2. The normalized spacial score (nSPS) is 10.2. The highest BCUT2D eigenvalue weighted by Crippen LogP contribution is 2.28. The number of anilines is 1. The van der Waals surface area contributed by atoms with Gasteiger partial charge in [-0.15, -0.1) is 11.3 Å². The Bertz CT molecular complexity index is 718. The second-order valence-electron chi connectivity index (χ2n) is 4.67. The molecule has 0 aliphatic heterocycles. The zero-order valence-electron chi connectivity index (χ0n) is 12.7. The van der Waals surface area contributed by atoms with Crippen LogP contribution in [0.5, 0.6) is 5.75 Å². The van der Waals surface area contributed by atoms with Crippen LogP contribution in [0.25, 0.3) is 11.3 Å². The number of benzene rings is 1. The third-order valence-corrected chi connectivity index (χ3v) is 3.68. The Morgan fingerprint density at radius 2 is 2.17 bits per heavy atom. The summed E-state index contributed by atoms with van der Waals surface area (Å²) < 4.78 is 18.6. The van der Waals surface area contributed by atoms with Gasteiger partial charge in [-0.05, 0) is 18.2 Å². The molecule has 1 heterocycles. The van der Waals surface area contributed by atoms with Crippen molar-refractivity contribution in [1.82, 2.24) is 10.3 Å². The highest BCUT2D eigenvalue weighted by molar-refractivity contribution is 7.14. The molecule has 0 saturated carbocycles. The minimum atomic E-state index is -0.473. The molecule has 23 heavy (non-hydrogen) atoms. The second-order valence-corrected chi connectivity index (χ2v) is 5.53. The summed E-state index contributed by atoms with van der Waals surface area (Å²) in [6, 6.07) is 4.55. The van der Waals surface area contributed by atoms with Crippen molar-refractivity contribution in [3.05, 3.63) is 29.4 Å². The fourth-order valence-corrected chi connectivity index (χ4v) is 2.56. The first-order valence-electron chi connectivity index (χ1n) is 6.83. The molecule has 0 unspecified atom stereocenters. The lowest BCUT2D eigenvalue weighted by atomic mass is 10.1. The maximum atomic E-state index is 13.7. The fraction of sp³-hybridized carbons (Fsp3) is 0.267. The monoisotopic (exact) mass is 337 g/mol. The Morgan fingerprint density at radius 3 is 2.83 bits per heavy atom. The third kappa shape index (κ3) is 4.75. The van der Waals surface area contributed by atoms with Gasteiger partial charge >= 0.3 is 0 Å². The molecule has 0 aliphatic rings. The van der Waals surface area contributed by atoms with Crippen LogP contribution >= 0.6 is 11.3 Å². The predicted octanol–water partition coefficient (Wildman–Crippen LogP) is 2.42. The number of thiazole rings is 1. The maximum Gasteiger partial charge on any atom is 0.227 e. The van der Waals surface area contributed by atoms with Crippen LogP contribution in [0, 0.1) is 5.82 Å². The summed E-state index contributed by atoms with van der Waals surface area (Å²) in [5.41, 5.74) is 1.16. The Balaban J connectivity index is 1.99. The number of hydrogen-bond donors (Lipinski definition) is 2. The van der Waals surface area contributed by atoms with Crippen molar-refractivity contribution >= 4 is 28.3 Å². The predicted molar refractivity (Wildman–Crippen MR) is 86.0 cm³/mol. The summed E-state index contributed by atoms with van der Waals surface area (Å²) >= 11 is 1.24. The number of hydrogen-bond acceptors (Lipinski definition) is 5. The minimum Gasteiger partial charge on any atom is -0.494 e. The van der Waals surface area contributed by atoms with Gasteiger partial charge in [0, 0.05) is 30.8 Å². The summed E-state index contributed by atoms with van der Waals surface area (Å²) in [6.07, 6.45) is 0.158. The highest BCUT2D eigenvalue weighted by atomic mass is 32.1. The number of nitrogens with zero attached hydrogens (tertiary/aromatic N) is 1. The van der Waals surface area contributed by atoms with E-state index in [0.717, 1.165) is 0 Å². The molecule has 8 heteroatoms. The molecule has 2 aromatic rings. The van der Waals surface area contributed by atoms with Crippen molar-refractivity contribution in [2.45, 2.75) is 13.3 Å². The van der Waals surface area contributed by atoms with Crippen LogP contribution in [0.1, 0.15) is 13.3 Å². The van der Waals surface area contributed by atoms with Gasteiger partial charge in [0.15, 0.2) is 16.7 Å². The van der Waals surface area contributed by atoms with Gasteiger partial charge in [-0.2, -0.15) is 0 Å². The average molecular weight is 337 g/mol. The Morgan fingerprint density at radius 1 is 1.39 bits per heavy atom. The van der Waals surface area contributed by atoms with Crippen molar-refractivity contribution < 1.29 is 18.7 Å². The minimum absolute atomic E-state index is 0.158. The van der Waals surface area contributed by atoms with E-state index in [-0.39, 0.29) is 30.5 Å². The molecule has 0 bridgehead atoms. The van der Waals surface area contributed by atoms with Crippen molar-refractivity contribution in [2.75, 3.05) is 19.0 Å². The maximum absolute atomic E-state index is 13.7. The Kier molecular flexibility index (Phi) is 5.64. The lowest BCUT2D eigenvalue weighted by Crippen LogP contribution is -2.25. The van der Waals surface area contributed by atoms with Gasteiger partial charge in [-0.1, -0.05) is 0 Å². The van der Waals surface area contributed by atoms with E-state index in [0.29, 0.717) is 16.4 Å². The average Bonchev–Trinajstić information content (AvgIpc) is 2.95. The number of methoxy groups -OCH3 is 1. The van der Waals surface area contributed by atoms with Crippen LogP contribution in [-0.4, -0.2) is 30.5 Å². The van der Waals surface area contributed by atoms with Crippen molar-refractivity contribution in [3.8, 4) is 17.0 Å². The van der Waals surface area contributed by atoms with Crippen molar-refractivity contribution in [2.24, 2.45) is 0 Å². The molecule has 0 saturated heterocycles. The lowest BCUT2D eigenvalue weighted by molar-refractivity contribution is -0.119. The summed E-state index contributed by atoms with van der Waals surface area (Å²) in [4.78, 5) is 26.7. The molecule has 1 aromatic heterocycles. The molecule has 0 aliphatic carbocycles. The smallest absolute Gasteiger partial charge is 0.227 e. The van der Waals surface area contributed by atoms with Gasteiger partial charge in [-0.3, -0.25) is 9.59 Å². The van der Waals surface area contributed by atoms with E-state index in [1.54, 1.807) is 11.4 Å². The molecule has 0 fully saturated rings. The summed E-state index contributed by atoms with van der Waals surface area (Å²) in [6.45, 7) is 1.65. The van der Waals surface area contributed by atoms with E-state index >= 15 is 0 Å². The van der Waals surface area contributed by atoms with E-state index in [1.807, 2.05) is 0 Å². The molecular weight excluding hydrogens is 321 g/mol. The van der Waals surface area contributed by atoms with Crippen LogP contribution in [0.4, 0.5) is 9.52 Å². The molecule has 2 N–H and O–H groups in total. The first kappa shape index (κ1) is 16.9. The molecule has 2 amide bonds. The topological polar surface area (TPSA) is 80.3 Å². The number of aromatic nitrogens is 1. The van der Waals surface area contributed by atoms with Gasteiger partial charge in [-0.25, -0.2) is 9.37 Å².